The molecule has 1 aromatic rings. The predicted octanol–water partition coefficient (Wildman–Crippen LogP) is 1.89. The molecule has 2 rings (SSSR count). The van der Waals surface area contributed by atoms with Crippen molar-refractivity contribution >= 4 is 5.78 Å². The van der Waals surface area contributed by atoms with Gasteiger partial charge in [-0.15, -0.1) is 0 Å². The predicted molar refractivity (Wildman–Crippen MR) is 71.3 cm³/mol. The van der Waals surface area contributed by atoms with Crippen LogP contribution < -0.4 is 5.73 Å². The van der Waals surface area contributed by atoms with E-state index in [0.29, 0.717) is 12.8 Å². The second-order valence-electron chi connectivity index (χ2n) is 5.72. The lowest BCUT2D eigenvalue weighted by Crippen LogP contribution is -2.43. The lowest BCUT2D eigenvalue weighted by molar-refractivity contribution is -0.119. The fraction of sp³-hybridized carbons (Fsp3) is 0.714. The number of carbonyl (C=O) groups is 1. The van der Waals surface area contributed by atoms with Crippen molar-refractivity contribution in [2.45, 2.75) is 57.4 Å². The molecule has 2 N–H and O–H groups in total. The molecule has 4 nitrogen and oxygen atoms in total. The molecule has 18 heavy (non-hydrogen) atoms. The van der Waals surface area contributed by atoms with E-state index in [4.69, 9.17) is 5.73 Å². The van der Waals surface area contributed by atoms with Crippen molar-refractivity contribution in [1.82, 2.24) is 9.78 Å². The van der Waals surface area contributed by atoms with Crippen molar-refractivity contribution < 1.29 is 4.79 Å². The van der Waals surface area contributed by atoms with Crippen molar-refractivity contribution in [1.29, 1.82) is 0 Å². The molecule has 0 saturated heterocycles. The third-order valence-electron chi connectivity index (χ3n) is 3.88. The summed E-state index contributed by atoms with van der Waals surface area (Å²) in [5.41, 5.74) is 8.01. The van der Waals surface area contributed by atoms with Crippen LogP contribution in [-0.4, -0.2) is 21.1 Å². The van der Waals surface area contributed by atoms with Gasteiger partial charge in [0.1, 0.15) is 5.78 Å². The van der Waals surface area contributed by atoms with E-state index in [0.717, 1.165) is 37.1 Å². The topological polar surface area (TPSA) is 60.9 Å². The summed E-state index contributed by atoms with van der Waals surface area (Å²) in [6, 6.07) is 1.97. The maximum atomic E-state index is 12.1. The fourth-order valence-electron chi connectivity index (χ4n) is 2.92. The average molecular weight is 249 g/mol. The third kappa shape index (κ3) is 3.19. The van der Waals surface area contributed by atoms with Gasteiger partial charge in [-0.1, -0.05) is 19.3 Å². The highest BCUT2D eigenvalue weighted by Gasteiger charge is 2.30. The van der Waals surface area contributed by atoms with E-state index in [2.05, 4.69) is 5.10 Å². The summed E-state index contributed by atoms with van der Waals surface area (Å²) < 4.78 is 1.79. The van der Waals surface area contributed by atoms with Gasteiger partial charge in [0.2, 0.25) is 0 Å². The summed E-state index contributed by atoms with van der Waals surface area (Å²) >= 11 is 0. The van der Waals surface area contributed by atoms with Crippen molar-refractivity contribution in [2.75, 3.05) is 0 Å². The zero-order chi connectivity index (χ0) is 13.2. The van der Waals surface area contributed by atoms with E-state index >= 15 is 0 Å². The Bertz CT molecular complexity index is 430. The molecule has 0 aromatic carbocycles. The minimum absolute atomic E-state index is 0.238. The molecule has 1 aromatic heterocycles. The van der Waals surface area contributed by atoms with Gasteiger partial charge in [0, 0.05) is 31.1 Å². The van der Waals surface area contributed by atoms with E-state index < -0.39 is 0 Å². The Balaban J connectivity index is 1.94. The van der Waals surface area contributed by atoms with Gasteiger partial charge >= 0.3 is 0 Å². The summed E-state index contributed by atoms with van der Waals surface area (Å²) in [6.07, 6.45) is 6.52. The molecular formula is C14H23N3O. The fourth-order valence-corrected chi connectivity index (χ4v) is 2.92. The Kier molecular flexibility index (Phi) is 3.85. The van der Waals surface area contributed by atoms with Crippen LogP contribution in [0.5, 0.6) is 0 Å². The van der Waals surface area contributed by atoms with E-state index in [-0.39, 0.29) is 11.3 Å². The molecule has 0 unspecified atom stereocenters. The SMILES string of the molecule is Cc1cc(CC(=O)CC2(N)CCCCC2)n(C)n1. The van der Waals surface area contributed by atoms with Crippen LogP contribution in [0.1, 0.15) is 49.9 Å². The third-order valence-corrected chi connectivity index (χ3v) is 3.88. The minimum atomic E-state index is -0.247. The van der Waals surface area contributed by atoms with E-state index in [1.165, 1.54) is 6.42 Å². The first-order valence-electron chi connectivity index (χ1n) is 6.79. The van der Waals surface area contributed by atoms with Gasteiger partial charge < -0.3 is 5.73 Å². The summed E-state index contributed by atoms with van der Waals surface area (Å²) in [7, 11) is 1.88. The second kappa shape index (κ2) is 5.22. The number of ketones is 1. The van der Waals surface area contributed by atoms with E-state index in [1.807, 2.05) is 20.0 Å². The largest absolute Gasteiger partial charge is 0.325 e. The van der Waals surface area contributed by atoms with Gasteiger partial charge in [-0.2, -0.15) is 5.10 Å². The number of Topliss-reactive ketones (excluding diaryl/α,β-unsaturated/α-hetero) is 1. The molecule has 1 saturated carbocycles. The lowest BCUT2D eigenvalue weighted by atomic mass is 9.79. The Morgan fingerprint density at radius 1 is 1.44 bits per heavy atom. The number of aromatic nitrogens is 2. The highest BCUT2D eigenvalue weighted by Crippen LogP contribution is 2.29. The van der Waals surface area contributed by atoms with Gasteiger partial charge in [0.05, 0.1) is 5.69 Å². The summed E-state index contributed by atoms with van der Waals surface area (Å²) in [4.78, 5) is 12.1. The molecule has 4 heteroatoms. The molecule has 0 amide bonds. The van der Waals surface area contributed by atoms with Crippen molar-refractivity contribution in [3.05, 3.63) is 17.5 Å². The van der Waals surface area contributed by atoms with Crippen molar-refractivity contribution in [3.8, 4) is 0 Å². The number of nitrogens with zero attached hydrogens (tertiary/aromatic N) is 2. The van der Waals surface area contributed by atoms with Crippen LogP contribution in [0.2, 0.25) is 0 Å². The van der Waals surface area contributed by atoms with Crippen LogP contribution in [0, 0.1) is 6.92 Å². The zero-order valence-electron chi connectivity index (χ0n) is 11.4. The molecule has 0 bridgehead atoms. The second-order valence-corrected chi connectivity index (χ2v) is 5.72. The van der Waals surface area contributed by atoms with E-state index in [1.54, 1.807) is 4.68 Å². The summed E-state index contributed by atoms with van der Waals surface area (Å²) in [5, 5.41) is 4.26. The number of hydrogen-bond donors (Lipinski definition) is 1. The molecule has 100 valence electrons. The minimum Gasteiger partial charge on any atom is -0.325 e. The average Bonchev–Trinajstić information content (AvgIpc) is 2.57. The maximum absolute atomic E-state index is 12.1. The number of nitrogens with two attached hydrogens (primary N) is 1. The van der Waals surface area contributed by atoms with Gasteiger partial charge in [-0.3, -0.25) is 9.48 Å². The Morgan fingerprint density at radius 3 is 2.67 bits per heavy atom. The zero-order valence-corrected chi connectivity index (χ0v) is 11.4. The Morgan fingerprint density at radius 2 is 2.11 bits per heavy atom. The number of carbonyl (C=O) groups excluding carboxylic acids is 1. The molecule has 1 heterocycles. The number of aryl methyl sites for hydroxylation is 2. The number of rotatable bonds is 4. The van der Waals surface area contributed by atoms with Crippen molar-refractivity contribution in [3.63, 3.8) is 0 Å². The quantitative estimate of drug-likeness (QED) is 0.886. The van der Waals surface area contributed by atoms with Crippen LogP contribution in [0.4, 0.5) is 0 Å². The van der Waals surface area contributed by atoms with Gasteiger partial charge in [0.25, 0.3) is 0 Å². The van der Waals surface area contributed by atoms with Crippen LogP contribution in [0.3, 0.4) is 0 Å². The molecule has 1 aliphatic rings. The van der Waals surface area contributed by atoms with E-state index in [9.17, 15) is 4.79 Å². The van der Waals surface area contributed by atoms with Gasteiger partial charge in [0.15, 0.2) is 0 Å². The molecule has 0 atom stereocenters. The molecule has 0 aliphatic heterocycles. The monoisotopic (exact) mass is 249 g/mol. The summed E-state index contributed by atoms with van der Waals surface area (Å²) in [5.74, 6) is 0.238. The molecular weight excluding hydrogens is 226 g/mol. The van der Waals surface area contributed by atoms with Crippen LogP contribution in [-0.2, 0) is 18.3 Å². The highest BCUT2D eigenvalue weighted by atomic mass is 16.1. The van der Waals surface area contributed by atoms with Crippen LogP contribution in [0.25, 0.3) is 0 Å². The first-order chi connectivity index (χ1) is 8.48. The van der Waals surface area contributed by atoms with Crippen LogP contribution in [0.15, 0.2) is 6.07 Å². The Labute approximate surface area is 109 Å². The summed E-state index contributed by atoms with van der Waals surface area (Å²) in [6.45, 7) is 1.94. The Hall–Kier alpha value is -1.16. The van der Waals surface area contributed by atoms with Gasteiger partial charge in [-0.25, -0.2) is 0 Å². The van der Waals surface area contributed by atoms with Crippen LogP contribution >= 0.6 is 0 Å². The van der Waals surface area contributed by atoms with Crippen molar-refractivity contribution in [2.24, 2.45) is 12.8 Å². The lowest BCUT2D eigenvalue weighted by Gasteiger charge is -2.32. The highest BCUT2D eigenvalue weighted by molar-refractivity contribution is 5.81. The normalized spacial score (nSPS) is 18.8. The number of hydrogen-bond acceptors (Lipinski definition) is 3. The molecule has 0 radical (unpaired) electrons. The van der Waals surface area contributed by atoms with Gasteiger partial charge in [-0.05, 0) is 25.8 Å². The molecule has 0 spiro atoms. The standard InChI is InChI=1S/C14H23N3O/c1-11-8-12(17(2)16-11)9-13(18)10-14(15)6-4-3-5-7-14/h8H,3-7,9-10,15H2,1-2H3. The smallest absolute Gasteiger partial charge is 0.140 e. The molecule has 1 aliphatic carbocycles. The first kappa shape index (κ1) is 13.3. The molecule has 1 fully saturated rings. The maximum Gasteiger partial charge on any atom is 0.140 e. The first-order valence-corrected chi connectivity index (χ1v) is 6.79.